The van der Waals surface area contributed by atoms with E-state index < -0.39 is 0 Å². The number of aromatic nitrogens is 4. The van der Waals surface area contributed by atoms with Crippen molar-refractivity contribution in [2.75, 3.05) is 11.9 Å². The van der Waals surface area contributed by atoms with E-state index in [1.165, 1.54) is 10.6 Å². The van der Waals surface area contributed by atoms with Crippen LogP contribution in [0, 0.1) is 0 Å². The third-order valence-electron chi connectivity index (χ3n) is 3.42. The van der Waals surface area contributed by atoms with Gasteiger partial charge in [0.2, 0.25) is 5.95 Å². The van der Waals surface area contributed by atoms with Gasteiger partial charge in [-0.25, -0.2) is 4.98 Å². The van der Waals surface area contributed by atoms with Crippen molar-refractivity contribution < 1.29 is 0 Å². The smallest absolute Gasteiger partial charge is 0.274 e. The van der Waals surface area contributed by atoms with Crippen molar-refractivity contribution >= 4 is 24.1 Å². The van der Waals surface area contributed by atoms with Gasteiger partial charge in [-0.15, -0.1) is 12.4 Å². The van der Waals surface area contributed by atoms with Crippen molar-refractivity contribution in [2.24, 2.45) is 0 Å². The second-order valence-corrected chi connectivity index (χ2v) is 5.31. The molecule has 128 valence electrons. The van der Waals surface area contributed by atoms with Gasteiger partial charge in [-0.2, -0.15) is 9.50 Å². The van der Waals surface area contributed by atoms with Gasteiger partial charge in [-0.3, -0.25) is 9.89 Å². The SMILES string of the molecule is CCCNCc1cc(=O)n2[nH]c(NCc3ccccc3)nc2n1.Cl. The van der Waals surface area contributed by atoms with Crippen molar-refractivity contribution in [3.05, 3.63) is 58.0 Å². The molecule has 2 heterocycles. The van der Waals surface area contributed by atoms with Crippen LogP contribution in [0.5, 0.6) is 0 Å². The molecule has 3 rings (SSSR count). The maximum Gasteiger partial charge on any atom is 0.274 e. The van der Waals surface area contributed by atoms with E-state index in [1.54, 1.807) is 0 Å². The summed E-state index contributed by atoms with van der Waals surface area (Å²) in [4.78, 5) is 20.9. The first kappa shape index (κ1) is 18.0. The zero-order valence-electron chi connectivity index (χ0n) is 13.5. The number of hydrogen-bond acceptors (Lipinski definition) is 5. The number of nitrogens with one attached hydrogen (secondary N) is 3. The van der Waals surface area contributed by atoms with Crippen LogP contribution in [0.2, 0.25) is 0 Å². The molecule has 0 amide bonds. The first-order chi connectivity index (χ1) is 11.3. The molecule has 1 aromatic carbocycles. The Kier molecular flexibility index (Phi) is 6.34. The number of anilines is 1. The van der Waals surface area contributed by atoms with E-state index in [9.17, 15) is 4.79 Å². The monoisotopic (exact) mass is 348 g/mol. The van der Waals surface area contributed by atoms with Gasteiger partial charge in [0, 0.05) is 19.2 Å². The predicted molar refractivity (Wildman–Crippen MR) is 96.6 cm³/mol. The Morgan fingerprint density at radius 2 is 1.96 bits per heavy atom. The number of hydrogen-bond donors (Lipinski definition) is 3. The fourth-order valence-electron chi connectivity index (χ4n) is 2.27. The Morgan fingerprint density at radius 3 is 2.71 bits per heavy atom. The third kappa shape index (κ3) is 4.33. The summed E-state index contributed by atoms with van der Waals surface area (Å²) in [5, 5.41) is 9.33. The Morgan fingerprint density at radius 1 is 1.17 bits per heavy atom. The summed E-state index contributed by atoms with van der Waals surface area (Å²) >= 11 is 0. The average molecular weight is 349 g/mol. The Labute approximate surface area is 145 Å². The number of aromatic amines is 1. The first-order valence-electron chi connectivity index (χ1n) is 7.73. The van der Waals surface area contributed by atoms with E-state index in [0.29, 0.717) is 30.5 Å². The summed E-state index contributed by atoms with van der Waals surface area (Å²) in [7, 11) is 0. The van der Waals surface area contributed by atoms with Crippen LogP contribution in [0.25, 0.3) is 5.78 Å². The van der Waals surface area contributed by atoms with Gasteiger partial charge in [0.05, 0.1) is 5.69 Å². The van der Waals surface area contributed by atoms with Crippen LogP contribution >= 0.6 is 12.4 Å². The summed E-state index contributed by atoms with van der Waals surface area (Å²) in [5.41, 5.74) is 1.67. The number of nitrogens with zero attached hydrogens (tertiary/aromatic N) is 3. The molecule has 0 aliphatic carbocycles. The van der Waals surface area contributed by atoms with Crippen molar-refractivity contribution in [1.29, 1.82) is 0 Å². The largest absolute Gasteiger partial charge is 0.351 e. The zero-order valence-corrected chi connectivity index (χ0v) is 14.3. The van der Waals surface area contributed by atoms with Crippen LogP contribution in [-0.2, 0) is 13.1 Å². The highest BCUT2D eigenvalue weighted by Gasteiger charge is 2.07. The van der Waals surface area contributed by atoms with E-state index >= 15 is 0 Å². The maximum absolute atomic E-state index is 12.1. The van der Waals surface area contributed by atoms with Gasteiger partial charge in [0.25, 0.3) is 11.3 Å². The molecule has 24 heavy (non-hydrogen) atoms. The van der Waals surface area contributed by atoms with Crippen LogP contribution in [-0.4, -0.2) is 26.1 Å². The molecule has 0 fully saturated rings. The molecule has 0 saturated heterocycles. The van der Waals surface area contributed by atoms with Gasteiger partial charge in [0.15, 0.2) is 0 Å². The second kappa shape index (κ2) is 8.47. The van der Waals surface area contributed by atoms with Crippen molar-refractivity contribution in [3.8, 4) is 0 Å². The second-order valence-electron chi connectivity index (χ2n) is 5.31. The Bertz CT molecular complexity index is 829. The van der Waals surface area contributed by atoms with Crippen LogP contribution in [0.15, 0.2) is 41.2 Å². The molecule has 0 unspecified atom stereocenters. The summed E-state index contributed by atoms with van der Waals surface area (Å²) in [6.07, 6.45) is 1.04. The highest BCUT2D eigenvalue weighted by Crippen LogP contribution is 2.05. The van der Waals surface area contributed by atoms with Gasteiger partial charge < -0.3 is 10.6 Å². The summed E-state index contributed by atoms with van der Waals surface area (Å²) in [5.74, 6) is 0.901. The lowest BCUT2D eigenvalue weighted by atomic mass is 10.2. The minimum atomic E-state index is -0.163. The lowest BCUT2D eigenvalue weighted by Gasteiger charge is -2.01. The van der Waals surface area contributed by atoms with Crippen LogP contribution in [0.4, 0.5) is 5.95 Å². The van der Waals surface area contributed by atoms with E-state index in [2.05, 4.69) is 32.6 Å². The van der Waals surface area contributed by atoms with Gasteiger partial charge >= 0.3 is 0 Å². The molecule has 0 bridgehead atoms. The Hall–Kier alpha value is -2.38. The quantitative estimate of drug-likeness (QED) is 0.568. The molecular formula is C16H21ClN6O. The lowest BCUT2D eigenvalue weighted by Crippen LogP contribution is -2.20. The first-order valence-corrected chi connectivity index (χ1v) is 7.73. The molecule has 0 saturated carbocycles. The summed E-state index contributed by atoms with van der Waals surface area (Å²) in [6.45, 7) is 4.18. The predicted octanol–water partition coefficient (Wildman–Crippen LogP) is 1.95. The molecule has 8 heteroatoms. The molecule has 0 aliphatic rings. The normalized spacial score (nSPS) is 10.5. The maximum atomic E-state index is 12.1. The molecule has 7 nitrogen and oxygen atoms in total. The molecule has 3 N–H and O–H groups in total. The van der Waals surface area contributed by atoms with Gasteiger partial charge in [0.1, 0.15) is 0 Å². The minimum Gasteiger partial charge on any atom is -0.351 e. The lowest BCUT2D eigenvalue weighted by molar-refractivity contribution is 0.661. The average Bonchev–Trinajstić information content (AvgIpc) is 2.98. The van der Waals surface area contributed by atoms with E-state index in [-0.39, 0.29) is 18.0 Å². The summed E-state index contributed by atoms with van der Waals surface area (Å²) < 4.78 is 1.34. The fraction of sp³-hybridized carbons (Fsp3) is 0.312. The van der Waals surface area contributed by atoms with E-state index in [1.807, 2.05) is 30.3 Å². The third-order valence-corrected chi connectivity index (χ3v) is 3.42. The minimum absolute atomic E-state index is 0. The molecule has 2 aromatic heterocycles. The summed E-state index contributed by atoms with van der Waals surface area (Å²) in [6, 6.07) is 11.5. The Balaban J connectivity index is 0.00000208. The van der Waals surface area contributed by atoms with Crippen molar-refractivity contribution in [2.45, 2.75) is 26.4 Å². The topological polar surface area (TPSA) is 87.1 Å². The van der Waals surface area contributed by atoms with Gasteiger partial charge in [-0.1, -0.05) is 37.3 Å². The number of rotatable bonds is 7. The van der Waals surface area contributed by atoms with Crippen LogP contribution in [0.1, 0.15) is 24.6 Å². The molecular weight excluding hydrogens is 328 g/mol. The standard InChI is InChI=1S/C16H20N6O.ClH/c1-2-8-17-11-13-9-14(23)22-16(19-13)20-15(21-22)18-10-12-6-4-3-5-7-12;/h3-7,9,17H,2,8,10-11H2,1H3,(H2,18,19,20,21);1H. The molecule has 0 aliphatic heterocycles. The number of halogens is 1. The van der Waals surface area contributed by atoms with E-state index in [0.717, 1.165) is 18.5 Å². The zero-order chi connectivity index (χ0) is 16.1. The molecule has 0 atom stereocenters. The van der Waals surface area contributed by atoms with Crippen molar-refractivity contribution in [3.63, 3.8) is 0 Å². The number of fused-ring (bicyclic) bond motifs is 1. The molecule has 0 spiro atoms. The fourth-order valence-corrected chi connectivity index (χ4v) is 2.27. The highest BCUT2D eigenvalue weighted by molar-refractivity contribution is 5.85. The number of H-pyrrole nitrogens is 1. The van der Waals surface area contributed by atoms with Gasteiger partial charge in [-0.05, 0) is 18.5 Å². The highest BCUT2D eigenvalue weighted by atomic mass is 35.5. The number of benzene rings is 1. The van der Waals surface area contributed by atoms with Crippen molar-refractivity contribution in [1.82, 2.24) is 24.9 Å². The van der Waals surface area contributed by atoms with Crippen LogP contribution in [0.3, 0.4) is 0 Å². The van der Waals surface area contributed by atoms with Crippen LogP contribution < -0.4 is 16.2 Å². The molecule has 3 aromatic rings. The molecule has 0 radical (unpaired) electrons. The van der Waals surface area contributed by atoms with E-state index in [4.69, 9.17) is 0 Å².